The molecule has 3 aromatic rings. The lowest BCUT2D eigenvalue weighted by Gasteiger charge is -2.34. The summed E-state index contributed by atoms with van der Waals surface area (Å²) >= 11 is 0. The summed E-state index contributed by atoms with van der Waals surface area (Å²) in [5.74, 6) is -1.21. The van der Waals surface area contributed by atoms with Gasteiger partial charge in [-0.15, -0.1) is 0 Å². The molecule has 214 valence electrons. The molecule has 0 aliphatic carbocycles. The number of methoxy groups -OCH3 is 1. The Balaban J connectivity index is 2.07. The number of benzene rings is 3. The van der Waals surface area contributed by atoms with E-state index in [4.69, 9.17) is 4.74 Å². The van der Waals surface area contributed by atoms with Crippen LogP contribution in [0.15, 0.2) is 83.8 Å². The Hall–Kier alpha value is -3.92. The van der Waals surface area contributed by atoms with Crippen LogP contribution in [0, 0.1) is 5.82 Å². The molecule has 0 aromatic heterocycles. The number of nitrogens with zero attached hydrogens (tertiary/aromatic N) is 2. The minimum Gasteiger partial charge on any atom is -0.497 e. The summed E-state index contributed by atoms with van der Waals surface area (Å²) in [5, 5.41) is 2.92. The van der Waals surface area contributed by atoms with Crippen molar-refractivity contribution in [3.63, 3.8) is 0 Å². The van der Waals surface area contributed by atoms with Gasteiger partial charge in [-0.05, 0) is 69.2 Å². The van der Waals surface area contributed by atoms with Gasteiger partial charge in [-0.3, -0.25) is 13.9 Å². The Labute approximate surface area is 235 Å². The number of hydrogen-bond acceptors (Lipinski definition) is 5. The summed E-state index contributed by atoms with van der Waals surface area (Å²) in [6, 6.07) is 19.0. The van der Waals surface area contributed by atoms with Crippen molar-refractivity contribution in [3.8, 4) is 5.75 Å². The van der Waals surface area contributed by atoms with Crippen molar-refractivity contribution < 1.29 is 27.1 Å². The number of carbonyl (C=O) groups excluding carboxylic acids is 2. The zero-order valence-corrected chi connectivity index (χ0v) is 24.2. The molecule has 0 aliphatic rings. The fraction of sp³-hybridized carbons (Fsp3) is 0.333. The van der Waals surface area contributed by atoms with Gasteiger partial charge < -0.3 is 15.0 Å². The summed E-state index contributed by atoms with van der Waals surface area (Å²) in [6.45, 7) is 6.58. The van der Waals surface area contributed by atoms with Gasteiger partial charge in [-0.25, -0.2) is 12.8 Å². The molecule has 3 aromatic carbocycles. The first kappa shape index (κ1) is 30.6. The molecule has 1 N–H and O–H groups in total. The van der Waals surface area contributed by atoms with E-state index in [0.717, 1.165) is 10.4 Å². The van der Waals surface area contributed by atoms with Gasteiger partial charge in [0.1, 0.15) is 24.2 Å². The molecule has 10 heteroatoms. The minimum absolute atomic E-state index is 0.0232. The molecule has 0 saturated heterocycles. The first-order chi connectivity index (χ1) is 18.9. The van der Waals surface area contributed by atoms with Gasteiger partial charge in [-0.2, -0.15) is 0 Å². The predicted octanol–water partition coefficient (Wildman–Crippen LogP) is 4.75. The number of halogens is 1. The van der Waals surface area contributed by atoms with E-state index in [-0.39, 0.29) is 29.5 Å². The second-order valence-electron chi connectivity index (χ2n) is 10.3. The minimum atomic E-state index is -4.34. The average molecular weight is 570 g/mol. The molecule has 40 heavy (non-hydrogen) atoms. The molecule has 0 heterocycles. The second-order valence-corrected chi connectivity index (χ2v) is 12.2. The summed E-state index contributed by atoms with van der Waals surface area (Å²) in [5.41, 5.74) is -0.120. The third-order valence-corrected chi connectivity index (χ3v) is 7.90. The number of nitrogens with one attached hydrogen (secondary N) is 1. The molecule has 1 unspecified atom stereocenters. The van der Waals surface area contributed by atoms with E-state index in [0.29, 0.717) is 11.3 Å². The number of amides is 2. The molecule has 2 amide bonds. The fourth-order valence-electron chi connectivity index (χ4n) is 4.19. The van der Waals surface area contributed by atoms with Crippen molar-refractivity contribution in [3.05, 3.63) is 90.2 Å². The zero-order valence-electron chi connectivity index (χ0n) is 23.4. The highest BCUT2D eigenvalue weighted by Gasteiger charge is 2.35. The van der Waals surface area contributed by atoms with Crippen molar-refractivity contribution in [1.29, 1.82) is 0 Å². The molecule has 8 nitrogen and oxygen atoms in total. The van der Waals surface area contributed by atoms with Crippen LogP contribution in [0.2, 0.25) is 0 Å². The van der Waals surface area contributed by atoms with Gasteiger partial charge in [0, 0.05) is 12.1 Å². The standard InChI is InChI=1S/C30H36FN3O5S/c1-6-26(29(36)32-30(2,3)4)33(20-22-16-18-23(39-5)19-17-22)28(35)21-34(27-15-11-10-14-25(27)31)40(37,38)24-12-8-7-9-13-24/h7-19,26H,6,20-21H2,1-5H3,(H,32,36). The largest absolute Gasteiger partial charge is 0.497 e. The first-order valence-corrected chi connectivity index (χ1v) is 14.4. The summed E-state index contributed by atoms with van der Waals surface area (Å²) in [7, 11) is -2.80. The van der Waals surface area contributed by atoms with Crippen molar-refractivity contribution in [2.75, 3.05) is 18.0 Å². The topological polar surface area (TPSA) is 96.0 Å². The molecule has 0 saturated carbocycles. The third-order valence-electron chi connectivity index (χ3n) is 6.13. The smallest absolute Gasteiger partial charge is 0.264 e. The monoisotopic (exact) mass is 569 g/mol. The third kappa shape index (κ3) is 7.59. The highest BCUT2D eigenvalue weighted by atomic mass is 32.2. The van der Waals surface area contributed by atoms with Gasteiger partial charge in [0.05, 0.1) is 17.7 Å². The normalized spacial score (nSPS) is 12.3. The maximum Gasteiger partial charge on any atom is 0.264 e. The zero-order chi connectivity index (χ0) is 29.5. The van der Waals surface area contributed by atoms with Crippen LogP contribution in [-0.2, 0) is 26.2 Å². The molecule has 0 bridgehead atoms. The van der Waals surface area contributed by atoms with Crippen molar-refractivity contribution in [2.24, 2.45) is 0 Å². The van der Waals surface area contributed by atoms with Crippen LogP contribution in [0.5, 0.6) is 5.75 Å². The van der Waals surface area contributed by atoms with E-state index in [9.17, 15) is 22.4 Å². The lowest BCUT2D eigenvalue weighted by atomic mass is 10.1. The Morgan fingerprint density at radius 2 is 1.55 bits per heavy atom. The predicted molar refractivity (Wildman–Crippen MR) is 153 cm³/mol. The molecule has 0 fully saturated rings. The number of carbonyl (C=O) groups is 2. The van der Waals surface area contributed by atoms with Crippen molar-refractivity contribution in [2.45, 2.75) is 57.1 Å². The van der Waals surface area contributed by atoms with E-state index >= 15 is 0 Å². The summed E-state index contributed by atoms with van der Waals surface area (Å²) in [4.78, 5) is 28.6. The summed E-state index contributed by atoms with van der Waals surface area (Å²) < 4.78 is 48.4. The van der Waals surface area contributed by atoms with Gasteiger partial charge in [-0.1, -0.05) is 49.4 Å². The van der Waals surface area contributed by atoms with Crippen LogP contribution in [0.1, 0.15) is 39.7 Å². The van der Waals surface area contributed by atoms with Gasteiger partial charge >= 0.3 is 0 Å². The molecule has 3 rings (SSSR count). The fourth-order valence-corrected chi connectivity index (χ4v) is 5.63. The second kappa shape index (κ2) is 13.0. The van der Waals surface area contributed by atoms with Crippen LogP contribution in [-0.4, -0.2) is 50.4 Å². The number of sulfonamides is 1. The number of para-hydroxylation sites is 1. The van der Waals surface area contributed by atoms with E-state index in [1.165, 1.54) is 35.2 Å². The Morgan fingerprint density at radius 3 is 2.10 bits per heavy atom. The van der Waals surface area contributed by atoms with Gasteiger partial charge in [0.25, 0.3) is 10.0 Å². The van der Waals surface area contributed by atoms with Gasteiger partial charge in [0.15, 0.2) is 0 Å². The molecule has 0 aliphatic heterocycles. The van der Waals surface area contributed by atoms with Crippen LogP contribution in [0.4, 0.5) is 10.1 Å². The van der Waals surface area contributed by atoms with E-state index in [1.807, 2.05) is 20.8 Å². The highest BCUT2D eigenvalue weighted by molar-refractivity contribution is 7.92. The van der Waals surface area contributed by atoms with Crippen LogP contribution >= 0.6 is 0 Å². The number of ether oxygens (including phenoxy) is 1. The number of rotatable bonds is 11. The summed E-state index contributed by atoms with van der Waals surface area (Å²) in [6.07, 6.45) is 0.273. The van der Waals surface area contributed by atoms with Gasteiger partial charge in [0.2, 0.25) is 11.8 Å². The van der Waals surface area contributed by atoms with E-state index in [2.05, 4.69) is 5.32 Å². The Morgan fingerprint density at radius 1 is 0.950 bits per heavy atom. The van der Waals surface area contributed by atoms with E-state index in [1.54, 1.807) is 56.5 Å². The first-order valence-electron chi connectivity index (χ1n) is 12.9. The molecule has 0 radical (unpaired) electrons. The quantitative estimate of drug-likeness (QED) is 0.360. The number of anilines is 1. The molecular formula is C30H36FN3O5S. The average Bonchev–Trinajstić information content (AvgIpc) is 2.91. The van der Waals surface area contributed by atoms with Crippen LogP contribution in [0.25, 0.3) is 0 Å². The lowest BCUT2D eigenvalue weighted by Crippen LogP contribution is -2.55. The maximum absolute atomic E-state index is 15.0. The SMILES string of the molecule is CCC(C(=O)NC(C)(C)C)N(Cc1ccc(OC)cc1)C(=O)CN(c1ccccc1F)S(=O)(=O)c1ccccc1. The molecular weight excluding hydrogens is 533 g/mol. The molecule has 1 atom stereocenters. The molecule has 0 spiro atoms. The maximum atomic E-state index is 15.0. The number of hydrogen-bond donors (Lipinski definition) is 1. The van der Waals surface area contributed by atoms with E-state index < -0.39 is 39.9 Å². The Kier molecular flexibility index (Phi) is 9.92. The lowest BCUT2D eigenvalue weighted by molar-refractivity contribution is -0.141. The Bertz CT molecular complexity index is 1410. The van der Waals surface area contributed by atoms with Crippen molar-refractivity contribution >= 4 is 27.5 Å². The highest BCUT2D eigenvalue weighted by Crippen LogP contribution is 2.27. The van der Waals surface area contributed by atoms with Crippen LogP contribution < -0.4 is 14.4 Å². The van der Waals surface area contributed by atoms with Crippen molar-refractivity contribution in [1.82, 2.24) is 10.2 Å². The van der Waals surface area contributed by atoms with Crippen LogP contribution in [0.3, 0.4) is 0 Å².